The van der Waals surface area contributed by atoms with Crippen LogP contribution in [0.15, 0.2) is 18.2 Å². The first-order valence-corrected chi connectivity index (χ1v) is 6.37. The van der Waals surface area contributed by atoms with Gasteiger partial charge in [-0.25, -0.2) is 4.79 Å². The van der Waals surface area contributed by atoms with Crippen LogP contribution in [0.3, 0.4) is 0 Å². The van der Waals surface area contributed by atoms with Gasteiger partial charge in [0.05, 0.1) is 18.6 Å². The highest BCUT2D eigenvalue weighted by Crippen LogP contribution is 2.33. The van der Waals surface area contributed by atoms with E-state index in [9.17, 15) is 4.79 Å². The highest BCUT2D eigenvalue weighted by molar-refractivity contribution is 5.93. The van der Waals surface area contributed by atoms with Crippen molar-refractivity contribution >= 4 is 5.97 Å². The van der Waals surface area contributed by atoms with Gasteiger partial charge < -0.3 is 14.2 Å². The van der Waals surface area contributed by atoms with Crippen molar-refractivity contribution in [1.29, 1.82) is 0 Å². The van der Waals surface area contributed by atoms with E-state index in [4.69, 9.17) is 24.6 Å². The zero-order chi connectivity index (χ0) is 15.5. The Morgan fingerprint density at radius 1 is 1.24 bits per heavy atom. The topological polar surface area (TPSA) is 97.7 Å². The lowest BCUT2D eigenvalue weighted by molar-refractivity contribution is -0.492. The molecule has 0 spiro atoms. The molecule has 8 nitrogen and oxygen atoms in total. The molecule has 1 aliphatic rings. The van der Waals surface area contributed by atoms with Crippen LogP contribution in [0.25, 0.3) is 0 Å². The first-order chi connectivity index (χ1) is 9.87. The van der Waals surface area contributed by atoms with Gasteiger partial charge in [0.25, 0.3) is 0 Å². The summed E-state index contributed by atoms with van der Waals surface area (Å²) in [6, 6.07) is 4.82. The summed E-state index contributed by atoms with van der Waals surface area (Å²) >= 11 is 0. The largest absolute Gasteiger partial charge is 0.493 e. The van der Waals surface area contributed by atoms with Crippen LogP contribution in [-0.2, 0) is 9.57 Å². The van der Waals surface area contributed by atoms with Gasteiger partial charge in [-0.1, -0.05) is 0 Å². The Bertz CT molecular complexity index is 515. The van der Waals surface area contributed by atoms with E-state index in [2.05, 4.69) is 4.84 Å². The zero-order valence-corrected chi connectivity index (χ0v) is 11.7. The van der Waals surface area contributed by atoms with Crippen LogP contribution in [0.4, 0.5) is 0 Å². The lowest BCUT2D eigenvalue weighted by Crippen LogP contribution is -2.38. The summed E-state index contributed by atoms with van der Waals surface area (Å²) in [5.74, 6) is -0.513. The predicted octanol–water partition coefficient (Wildman–Crippen LogP) is 1.75. The second-order valence-electron chi connectivity index (χ2n) is 4.84. The molecule has 1 aromatic carbocycles. The molecule has 2 N–H and O–H groups in total. The first kappa shape index (κ1) is 15.5. The lowest BCUT2D eigenvalue weighted by Gasteiger charge is -2.31. The van der Waals surface area contributed by atoms with Crippen LogP contribution < -0.4 is 9.47 Å². The Morgan fingerprint density at radius 3 is 2.71 bits per heavy atom. The quantitative estimate of drug-likeness (QED) is 0.466. The third-order valence-electron chi connectivity index (χ3n) is 2.63. The molecule has 116 valence electrons. The van der Waals surface area contributed by atoms with Gasteiger partial charge in [0.15, 0.2) is 0 Å². The van der Waals surface area contributed by atoms with E-state index >= 15 is 0 Å². The van der Waals surface area contributed by atoms with Gasteiger partial charge >= 0.3 is 5.97 Å². The number of fused-ring (bicyclic) bond motifs is 1. The molecular weight excluding hydrogens is 282 g/mol. The zero-order valence-electron chi connectivity index (χ0n) is 11.7. The maximum absolute atomic E-state index is 11.8. The molecule has 0 bridgehead atoms. The summed E-state index contributed by atoms with van der Waals surface area (Å²) < 4.78 is 16.1. The number of ether oxygens (including phenoxy) is 3. The number of carbonyl (C=O) groups is 1. The summed E-state index contributed by atoms with van der Waals surface area (Å²) in [6.45, 7) is 3.69. The molecule has 0 aromatic heterocycles. The number of benzene rings is 1. The van der Waals surface area contributed by atoms with E-state index in [-0.39, 0.29) is 12.0 Å². The van der Waals surface area contributed by atoms with Crippen LogP contribution in [0.2, 0.25) is 0 Å². The molecule has 0 saturated heterocycles. The second-order valence-corrected chi connectivity index (χ2v) is 4.84. The molecule has 0 amide bonds. The van der Waals surface area contributed by atoms with Gasteiger partial charge in [0.1, 0.15) is 17.1 Å². The van der Waals surface area contributed by atoms with Crippen molar-refractivity contribution < 1.29 is 34.3 Å². The van der Waals surface area contributed by atoms with E-state index < -0.39 is 11.8 Å². The van der Waals surface area contributed by atoms with Gasteiger partial charge in [-0.3, -0.25) is 15.3 Å². The summed E-state index contributed by atoms with van der Waals surface area (Å²) in [5, 5.41) is 16.3. The Labute approximate surface area is 121 Å². The SMILES string of the molecule is CC1(C)OC(=O)c2ccc(OCCCON(O)O)cc2O1. The predicted molar refractivity (Wildman–Crippen MR) is 68.0 cm³/mol. The molecule has 1 aliphatic heterocycles. The maximum Gasteiger partial charge on any atom is 0.345 e. The molecule has 21 heavy (non-hydrogen) atoms. The standard InChI is InChI=1S/C13H17NO7/c1-13(2)20-11-8-9(4-5-10(11)12(15)21-13)18-6-3-7-19-14(16)17/h4-5,8,16-17H,3,6-7H2,1-2H3. The van der Waals surface area contributed by atoms with Crippen molar-refractivity contribution in [3.63, 3.8) is 0 Å². The van der Waals surface area contributed by atoms with Crippen LogP contribution in [0.5, 0.6) is 11.5 Å². The summed E-state index contributed by atoms with van der Waals surface area (Å²) in [7, 11) is 0. The molecule has 0 saturated carbocycles. The first-order valence-electron chi connectivity index (χ1n) is 6.37. The fourth-order valence-electron chi connectivity index (χ4n) is 1.80. The maximum atomic E-state index is 11.8. The van der Waals surface area contributed by atoms with Crippen molar-refractivity contribution in [1.82, 2.24) is 5.39 Å². The number of cyclic esters (lactones) is 1. The van der Waals surface area contributed by atoms with Crippen LogP contribution in [0.1, 0.15) is 30.6 Å². The van der Waals surface area contributed by atoms with Crippen LogP contribution in [0, 0.1) is 0 Å². The van der Waals surface area contributed by atoms with Crippen molar-refractivity contribution in [3.8, 4) is 11.5 Å². The molecule has 1 heterocycles. The van der Waals surface area contributed by atoms with Crippen LogP contribution >= 0.6 is 0 Å². The van der Waals surface area contributed by atoms with Gasteiger partial charge in [-0.15, -0.1) is 0 Å². The van der Waals surface area contributed by atoms with E-state index in [0.717, 1.165) is 0 Å². The molecule has 1 aromatic rings. The van der Waals surface area contributed by atoms with Gasteiger partial charge in [-0.2, -0.15) is 0 Å². The Morgan fingerprint density at radius 2 is 2.00 bits per heavy atom. The van der Waals surface area contributed by atoms with E-state index in [1.807, 2.05) is 0 Å². The van der Waals surface area contributed by atoms with Gasteiger partial charge in [-0.05, 0) is 12.1 Å². The number of rotatable bonds is 6. The molecule has 0 fully saturated rings. The highest BCUT2D eigenvalue weighted by atomic mass is 17.1. The smallest absolute Gasteiger partial charge is 0.345 e. The average Bonchev–Trinajstić information content (AvgIpc) is 2.36. The van der Waals surface area contributed by atoms with Crippen LogP contribution in [-0.4, -0.2) is 40.8 Å². The van der Waals surface area contributed by atoms with Crippen molar-refractivity contribution in [2.24, 2.45) is 0 Å². The second kappa shape index (κ2) is 6.27. The molecular formula is C13H17NO7. The summed E-state index contributed by atoms with van der Waals surface area (Å²) in [4.78, 5) is 16.2. The molecule has 0 unspecified atom stereocenters. The van der Waals surface area contributed by atoms with Gasteiger partial charge in [0, 0.05) is 26.3 Å². The van der Waals surface area contributed by atoms with Crippen molar-refractivity contribution in [3.05, 3.63) is 23.8 Å². The monoisotopic (exact) mass is 299 g/mol. The Hall–Kier alpha value is -1.87. The Kier molecular flexibility index (Phi) is 4.63. The minimum absolute atomic E-state index is 0.0911. The van der Waals surface area contributed by atoms with Crippen molar-refractivity contribution in [2.75, 3.05) is 13.2 Å². The normalized spacial score (nSPS) is 16.1. The number of carbonyl (C=O) groups excluding carboxylic acids is 1. The minimum Gasteiger partial charge on any atom is -0.493 e. The number of hydrogen-bond donors (Lipinski definition) is 2. The summed E-state index contributed by atoms with van der Waals surface area (Å²) in [5.41, 5.74) is 0.348. The van der Waals surface area contributed by atoms with Crippen molar-refractivity contribution in [2.45, 2.75) is 26.1 Å². The molecule has 0 aliphatic carbocycles. The van der Waals surface area contributed by atoms with E-state index in [1.54, 1.807) is 32.0 Å². The Balaban J connectivity index is 1.93. The third kappa shape index (κ3) is 4.30. The number of nitrogens with zero attached hydrogens (tertiary/aromatic N) is 1. The van der Waals surface area contributed by atoms with E-state index in [0.29, 0.717) is 30.1 Å². The average molecular weight is 299 g/mol. The van der Waals surface area contributed by atoms with Gasteiger partial charge in [0.2, 0.25) is 5.79 Å². The number of hydrogen-bond acceptors (Lipinski definition) is 8. The fraction of sp³-hybridized carbons (Fsp3) is 0.462. The molecule has 2 rings (SSSR count). The fourth-order valence-corrected chi connectivity index (χ4v) is 1.80. The molecule has 8 heteroatoms. The highest BCUT2D eigenvalue weighted by Gasteiger charge is 2.33. The molecule has 0 atom stereocenters. The van der Waals surface area contributed by atoms with E-state index in [1.165, 1.54) is 0 Å². The lowest BCUT2D eigenvalue weighted by atomic mass is 10.1. The number of esters is 1. The molecule has 0 radical (unpaired) electrons. The summed E-state index contributed by atoms with van der Waals surface area (Å²) in [6.07, 6.45) is 0.448. The minimum atomic E-state index is -1.01. The third-order valence-corrected chi connectivity index (χ3v) is 2.63.